The number of hydrogen-bond acceptors (Lipinski definition) is 12. The fraction of sp³-hybridized carbons (Fsp3) is 0.209. The number of β-lactam (4-membered cyclic amide) rings is 1. The topological polar surface area (TPSA) is 181 Å². The van der Waals surface area contributed by atoms with Gasteiger partial charge in [0.25, 0.3) is 10.1 Å². The molecule has 1 aliphatic rings. The van der Waals surface area contributed by atoms with Crippen LogP contribution < -0.4 is 14.4 Å². The largest absolute Gasteiger partial charge is 0.460 e. The Hall–Kier alpha value is -6.28. The minimum Gasteiger partial charge on any atom is -0.460 e. The number of benzene rings is 5. The van der Waals surface area contributed by atoms with E-state index in [9.17, 15) is 27.6 Å². The summed E-state index contributed by atoms with van der Waals surface area (Å²) in [6, 6.07) is 36.1. The van der Waals surface area contributed by atoms with Gasteiger partial charge in [-0.3, -0.25) is 18.6 Å². The predicted octanol–water partition coefficient (Wildman–Crippen LogP) is 5.48. The smallest absolute Gasteiger partial charge is 0.447 e. The Bertz CT molecular complexity index is 2310. The van der Waals surface area contributed by atoms with Crippen molar-refractivity contribution in [2.24, 2.45) is 0 Å². The summed E-state index contributed by atoms with van der Waals surface area (Å²) in [5.74, 6) is -4.12. The average Bonchev–Trinajstić information content (AvgIpc) is 3.23. The van der Waals surface area contributed by atoms with E-state index < -0.39 is 71.9 Å². The molecule has 5 aromatic carbocycles. The molecule has 1 heterocycles. The molecule has 16 heteroatoms. The van der Waals surface area contributed by atoms with E-state index in [4.69, 9.17) is 22.7 Å². The van der Waals surface area contributed by atoms with Gasteiger partial charge in [-0.05, 0) is 41.0 Å². The molecule has 0 spiro atoms. The minimum atomic E-state index is -5.10. The number of rotatable bonds is 19. The third kappa shape index (κ3) is 11.4. The molecular formula is C43H41N2O12PS. The lowest BCUT2D eigenvalue weighted by atomic mass is 9.91. The molecule has 0 aromatic heterocycles. The molecule has 0 bridgehead atoms. The van der Waals surface area contributed by atoms with E-state index >= 15 is 4.57 Å². The van der Waals surface area contributed by atoms with Gasteiger partial charge in [-0.25, -0.2) is 9.36 Å². The molecular weight excluding hydrogens is 800 g/mol. The lowest BCUT2D eigenvalue weighted by Crippen LogP contribution is -2.77. The van der Waals surface area contributed by atoms with Crippen LogP contribution in [0.15, 0.2) is 152 Å². The molecule has 306 valence electrons. The van der Waals surface area contributed by atoms with Crippen LogP contribution in [0.2, 0.25) is 0 Å². The van der Waals surface area contributed by atoms with E-state index in [1.165, 1.54) is 24.3 Å². The third-order valence-electron chi connectivity index (χ3n) is 9.06. The van der Waals surface area contributed by atoms with Gasteiger partial charge < -0.3 is 28.7 Å². The maximum atomic E-state index is 15.7. The van der Waals surface area contributed by atoms with E-state index in [1.807, 2.05) is 0 Å². The highest BCUT2D eigenvalue weighted by atomic mass is 32.2. The molecule has 0 aliphatic carbocycles. The quantitative estimate of drug-likeness (QED) is 0.0480. The van der Waals surface area contributed by atoms with Gasteiger partial charge in [-0.2, -0.15) is 8.42 Å². The van der Waals surface area contributed by atoms with Crippen molar-refractivity contribution in [2.45, 2.75) is 43.4 Å². The first-order valence-electron chi connectivity index (χ1n) is 18.4. The van der Waals surface area contributed by atoms with E-state index in [-0.39, 0.29) is 31.1 Å². The van der Waals surface area contributed by atoms with Gasteiger partial charge in [-0.15, -0.1) is 0 Å². The molecule has 1 fully saturated rings. The summed E-state index contributed by atoms with van der Waals surface area (Å²) in [6.07, 6.45) is 0.637. The van der Waals surface area contributed by atoms with Crippen LogP contribution in [0, 0.1) is 0 Å². The Morgan fingerprint density at radius 3 is 1.54 bits per heavy atom. The number of amides is 2. The van der Waals surface area contributed by atoms with E-state index in [1.54, 1.807) is 127 Å². The highest BCUT2D eigenvalue weighted by Crippen LogP contribution is 2.56. The van der Waals surface area contributed by atoms with Gasteiger partial charge in [0.1, 0.15) is 30.8 Å². The fourth-order valence-electron chi connectivity index (χ4n) is 6.29. The first kappa shape index (κ1) is 42.3. The highest BCUT2D eigenvalue weighted by molar-refractivity contribution is 7.86. The first-order chi connectivity index (χ1) is 28.4. The SMILES string of the molecule is CS(=O)(=O)OC[C@@H]1[C@H](NC(=O)Cc2ccccc2)C(=O)N1C(C(=O)OCc1ccccc1)C(C(=O)OCc1ccccc1)P(=O)(Oc1ccccc1)Oc1ccccc1. The summed E-state index contributed by atoms with van der Waals surface area (Å²) >= 11 is 0. The van der Waals surface area contributed by atoms with Gasteiger partial charge in [0.15, 0.2) is 6.04 Å². The van der Waals surface area contributed by atoms with Gasteiger partial charge in [0, 0.05) is 0 Å². The average molecular weight is 841 g/mol. The number of likely N-dealkylation sites (tertiary alicyclic amines) is 1. The summed E-state index contributed by atoms with van der Waals surface area (Å²) in [4.78, 5) is 57.9. The lowest BCUT2D eigenvalue weighted by Gasteiger charge is -2.50. The van der Waals surface area contributed by atoms with Crippen molar-refractivity contribution in [3.05, 3.63) is 168 Å². The molecule has 6 rings (SSSR count). The molecule has 0 saturated carbocycles. The Morgan fingerprint density at radius 2 is 1.08 bits per heavy atom. The van der Waals surface area contributed by atoms with E-state index in [2.05, 4.69) is 5.32 Å². The summed E-state index contributed by atoms with van der Waals surface area (Å²) in [5, 5.41) is 2.61. The molecule has 4 atom stereocenters. The van der Waals surface area contributed by atoms with Crippen molar-refractivity contribution < 1.29 is 54.9 Å². The zero-order valence-corrected chi connectivity index (χ0v) is 33.5. The number of ether oxygens (including phenoxy) is 2. The molecule has 14 nitrogen and oxygen atoms in total. The molecule has 2 amide bonds. The van der Waals surface area contributed by atoms with E-state index in [0.717, 1.165) is 11.2 Å². The van der Waals surface area contributed by atoms with Crippen LogP contribution in [0.5, 0.6) is 11.5 Å². The normalized spacial score (nSPS) is 16.2. The molecule has 59 heavy (non-hydrogen) atoms. The summed E-state index contributed by atoms with van der Waals surface area (Å²) in [7, 11) is -9.28. The fourth-order valence-corrected chi connectivity index (χ4v) is 8.71. The van der Waals surface area contributed by atoms with Gasteiger partial charge >= 0.3 is 19.5 Å². The molecule has 1 saturated heterocycles. The highest BCUT2D eigenvalue weighted by Gasteiger charge is 2.63. The second-order valence-electron chi connectivity index (χ2n) is 13.4. The third-order valence-corrected chi connectivity index (χ3v) is 11.7. The molecule has 1 aliphatic heterocycles. The maximum Gasteiger partial charge on any atom is 0.447 e. The Balaban J connectivity index is 1.47. The summed E-state index contributed by atoms with van der Waals surface area (Å²) in [6.45, 7) is -1.49. The van der Waals surface area contributed by atoms with Gasteiger partial charge in [0.2, 0.25) is 17.5 Å². The zero-order chi connectivity index (χ0) is 41.8. The number of carbonyl (C=O) groups is 4. The standard InChI is InChI=1S/C43H41N2O12PS/c1-59(51,52)55-30-36-38(44-37(46)27-31-17-7-2-8-18-31)41(47)45(36)39(42(48)53-28-32-19-9-3-10-20-32)40(43(49)54-29-33-21-11-4-12-22-33)58(50,56-34-23-13-5-14-24-34)57-35-25-15-6-16-26-35/h2-26,36,38-40H,27-30H2,1H3,(H,44,46)/t36-,38+,39?,40?/m1/s1. The number of nitrogens with one attached hydrogen (secondary N) is 1. The van der Waals surface area contributed by atoms with Crippen molar-refractivity contribution in [1.82, 2.24) is 10.2 Å². The number of para-hydroxylation sites is 2. The Labute approximate surface area is 341 Å². The van der Waals surface area contributed by atoms with Crippen LogP contribution in [-0.4, -0.2) is 73.7 Å². The van der Waals surface area contributed by atoms with Crippen molar-refractivity contribution in [2.75, 3.05) is 12.9 Å². The maximum absolute atomic E-state index is 15.7. The molecule has 0 radical (unpaired) electrons. The van der Waals surface area contributed by atoms with Gasteiger partial charge in [-0.1, -0.05) is 127 Å². The number of esters is 2. The number of nitrogens with zero attached hydrogens (tertiary/aromatic N) is 1. The Kier molecular flexibility index (Phi) is 14.0. The number of carbonyl (C=O) groups excluding carboxylic acids is 4. The zero-order valence-electron chi connectivity index (χ0n) is 31.8. The number of hydrogen-bond donors (Lipinski definition) is 1. The van der Waals surface area contributed by atoms with E-state index in [0.29, 0.717) is 16.7 Å². The van der Waals surface area contributed by atoms with Crippen LogP contribution in [0.3, 0.4) is 0 Å². The predicted molar refractivity (Wildman–Crippen MR) is 215 cm³/mol. The molecule has 2 unspecified atom stereocenters. The van der Waals surface area contributed by atoms with Crippen LogP contribution in [0.25, 0.3) is 0 Å². The lowest BCUT2D eigenvalue weighted by molar-refractivity contribution is -0.174. The second kappa shape index (κ2) is 19.4. The molecule has 1 N–H and O–H groups in total. The van der Waals surface area contributed by atoms with Crippen molar-refractivity contribution in [1.29, 1.82) is 0 Å². The summed E-state index contributed by atoms with van der Waals surface area (Å²) < 4.78 is 69.2. The Morgan fingerprint density at radius 1 is 0.661 bits per heavy atom. The van der Waals surface area contributed by atoms with Gasteiger partial charge in [0.05, 0.1) is 25.3 Å². The van der Waals surface area contributed by atoms with Crippen LogP contribution in [0.4, 0.5) is 0 Å². The summed E-state index contributed by atoms with van der Waals surface area (Å²) in [5.41, 5.74) is -0.588. The van der Waals surface area contributed by atoms with Crippen molar-refractivity contribution in [3.8, 4) is 11.5 Å². The second-order valence-corrected chi connectivity index (χ2v) is 17.1. The van der Waals surface area contributed by atoms with Crippen molar-refractivity contribution in [3.63, 3.8) is 0 Å². The first-order valence-corrected chi connectivity index (χ1v) is 21.8. The monoisotopic (exact) mass is 840 g/mol. The van der Waals surface area contributed by atoms with Crippen LogP contribution >= 0.6 is 7.60 Å². The van der Waals surface area contributed by atoms with Crippen LogP contribution in [-0.2, 0) is 67.2 Å². The van der Waals surface area contributed by atoms with Crippen LogP contribution in [0.1, 0.15) is 16.7 Å². The van der Waals surface area contributed by atoms with Crippen molar-refractivity contribution >= 4 is 41.5 Å². The minimum absolute atomic E-state index is 0.0259. The molecule has 5 aromatic rings.